The Morgan fingerprint density at radius 1 is 1.11 bits per heavy atom. The Balaban J connectivity index is 1.33. The van der Waals surface area contributed by atoms with Crippen molar-refractivity contribution >= 4 is 35.4 Å². The smallest absolute Gasteiger partial charge is 0.254 e. The van der Waals surface area contributed by atoms with Crippen LogP contribution in [0.5, 0.6) is 0 Å². The van der Waals surface area contributed by atoms with Gasteiger partial charge in [0.2, 0.25) is 17.8 Å². The minimum absolute atomic E-state index is 0.0433. The number of imide groups is 1. The van der Waals surface area contributed by atoms with E-state index in [2.05, 4.69) is 45.3 Å². The molecule has 2 aromatic carbocycles. The molecule has 0 atom stereocenters. The molecule has 2 fully saturated rings. The Morgan fingerprint density at radius 2 is 1.97 bits per heavy atom. The van der Waals surface area contributed by atoms with Crippen molar-refractivity contribution in [3.8, 4) is 11.1 Å². The molecule has 2 aromatic heterocycles. The minimum Gasteiger partial charge on any atom is -0.351 e. The average molecular weight is 495 g/mol. The van der Waals surface area contributed by atoms with Crippen LogP contribution >= 0.6 is 0 Å². The lowest BCUT2D eigenvalue weighted by molar-refractivity contribution is -0.124. The second-order valence-electron chi connectivity index (χ2n) is 9.26. The zero-order chi connectivity index (χ0) is 25.4. The molecule has 5 N–H and O–H groups in total. The summed E-state index contributed by atoms with van der Waals surface area (Å²) in [6, 6.07) is 16.8. The monoisotopic (exact) mass is 494 g/mol. The second-order valence-corrected chi connectivity index (χ2v) is 9.26. The fraction of sp³-hybridized carbons (Fsp3) is 0.222. The third-order valence-electron chi connectivity index (χ3n) is 6.46. The van der Waals surface area contributed by atoms with E-state index in [0.717, 1.165) is 35.1 Å². The quantitative estimate of drug-likeness (QED) is 0.217. The van der Waals surface area contributed by atoms with Crippen molar-refractivity contribution in [2.24, 2.45) is 5.73 Å². The van der Waals surface area contributed by atoms with E-state index < -0.39 is 0 Å². The van der Waals surface area contributed by atoms with Gasteiger partial charge in [0.1, 0.15) is 0 Å². The molecule has 4 aromatic rings. The molecule has 1 aliphatic carbocycles. The summed E-state index contributed by atoms with van der Waals surface area (Å²) in [4.78, 5) is 33.1. The summed E-state index contributed by atoms with van der Waals surface area (Å²) in [5, 5.41) is 13.5. The van der Waals surface area contributed by atoms with Gasteiger partial charge in [-0.15, -0.1) is 0 Å². The van der Waals surface area contributed by atoms with Crippen LogP contribution in [-0.2, 0) is 22.7 Å². The summed E-state index contributed by atoms with van der Waals surface area (Å²) in [7, 11) is 0. The Bertz CT molecular complexity index is 1550. The molecule has 0 radical (unpaired) electrons. The van der Waals surface area contributed by atoms with Gasteiger partial charge in [0.25, 0.3) is 5.91 Å². The lowest BCUT2D eigenvalue weighted by atomic mass is 9.98. The van der Waals surface area contributed by atoms with Crippen molar-refractivity contribution in [1.82, 2.24) is 24.9 Å². The Labute approximate surface area is 213 Å². The molecule has 6 rings (SSSR count). The SMILES string of the molecule is NCc1cccc(-c2ccccc2CNc2nc(NC3CC3)n3ncc(/C=C4\CC(=O)NC4=O)c3n2)c1. The molecule has 0 bridgehead atoms. The van der Waals surface area contributed by atoms with E-state index in [1.54, 1.807) is 16.8 Å². The molecule has 37 heavy (non-hydrogen) atoms. The van der Waals surface area contributed by atoms with Crippen LogP contribution in [0.3, 0.4) is 0 Å². The van der Waals surface area contributed by atoms with Gasteiger partial charge in [-0.3, -0.25) is 14.9 Å². The molecular weight excluding hydrogens is 468 g/mol. The van der Waals surface area contributed by atoms with Gasteiger partial charge in [-0.1, -0.05) is 42.5 Å². The molecule has 3 heterocycles. The van der Waals surface area contributed by atoms with Crippen molar-refractivity contribution in [2.45, 2.75) is 38.4 Å². The molecule has 0 spiro atoms. The van der Waals surface area contributed by atoms with Crippen molar-refractivity contribution in [1.29, 1.82) is 0 Å². The first kappa shape index (κ1) is 22.9. The molecule has 10 heteroatoms. The first-order valence-corrected chi connectivity index (χ1v) is 12.3. The molecule has 2 amide bonds. The Kier molecular flexibility index (Phi) is 5.85. The molecule has 186 valence electrons. The third-order valence-corrected chi connectivity index (χ3v) is 6.46. The number of rotatable bonds is 8. The van der Waals surface area contributed by atoms with E-state index in [4.69, 9.17) is 15.7 Å². The number of hydrogen-bond acceptors (Lipinski definition) is 8. The van der Waals surface area contributed by atoms with Gasteiger partial charge in [-0.05, 0) is 47.2 Å². The van der Waals surface area contributed by atoms with Gasteiger partial charge in [0.15, 0.2) is 5.65 Å². The summed E-state index contributed by atoms with van der Waals surface area (Å²) >= 11 is 0. The van der Waals surface area contributed by atoms with E-state index in [1.165, 1.54) is 0 Å². The lowest BCUT2D eigenvalue weighted by Gasteiger charge is -2.13. The van der Waals surface area contributed by atoms with Gasteiger partial charge in [0.05, 0.1) is 12.6 Å². The standard InChI is InChI=1S/C27H26N8O2/c28-13-16-4-3-6-17(10-16)22-7-2-1-5-18(22)14-29-26-33-24-20(11-19-12-23(36)32-25(19)37)15-30-35(24)27(34-26)31-21-8-9-21/h1-7,10-11,15,21H,8-9,12-14,28H2,(H,32,36,37)(H2,29,31,33,34)/b19-11+. The van der Waals surface area contributed by atoms with E-state index in [-0.39, 0.29) is 18.2 Å². The fourth-order valence-electron chi connectivity index (χ4n) is 4.38. The van der Waals surface area contributed by atoms with Gasteiger partial charge < -0.3 is 16.4 Å². The summed E-state index contributed by atoms with van der Waals surface area (Å²) < 4.78 is 1.64. The fourth-order valence-corrected chi connectivity index (χ4v) is 4.38. The van der Waals surface area contributed by atoms with E-state index in [9.17, 15) is 9.59 Å². The second kappa shape index (κ2) is 9.47. The van der Waals surface area contributed by atoms with Crippen LogP contribution in [0.15, 0.2) is 60.3 Å². The predicted molar refractivity (Wildman–Crippen MR) is 140 cm³/mol. The molecule has 1 aliphatic heterocycles. The van der Waals surface area contributed by atoms with Crippen molar-refractivity contribution < 1.29 is 9.59 Å². The van der Waals surface area contributed by atoms with Crippen LogP contribution in [0, 0.1) is 0 Å². The van der Waals surface area contributed by atoms with Gasteiger partial charge in [0, 0.05) is 30.3 Å². The van der Waals surface area contributed by atoms with E-state index >= 15 is 0 Å². The third kappa shape index (κ3) is 4.78. The molecular formula is C27H26N8O2. The van der Waals surface area contributed by atoms with Gasteiger partial charge in [-0.2, -0.15) is 19.6 Å². The maximum absolute atomic E-state index is 12.1. The minimum atomic E-state index is -0.386. The highest BCUT2D eigenvalue weighted by Crippen LogP contribution is 2.28. The average Bonchev–Trinajstić information content (AvgIpc) is 3.55. The number of nitrogens with two attached hydrogens (primary N) is 1. The number of anilines is 2. The zero-order valence-electron chi connectivity index (χ0n) is 20.1. The maximum Gasteiger partial charge on any atom is 0.254 e. The van der Waals surface area contributed by atoms with Gasteiger partial charge >= 0.3 is 0 Å². The first-order chi connectivity index (χ1) is 18.1. The maximum atomic E-state index is 12.1. The number of carbonyl (C=O) groups is 2. The highest BCUT2D eigenvalue weighted by atomic mass is 16.2. The number of benzene rings is 2. The number of fused-ring (bicyclic) bond motifs is 1. The summed E-state index contributed by atoms with van der Waals surface area (Å²) in [6.45, 7) is 0.988. The van der Waals surface area contributed by atoms with Crippen LogP contribution in [0.2, 0.25) is 0 Å². The zero-order valence-corrected chi connectivity index (χ0v) is 20.1. The van der Waals surface area contributed by atoms with Crippen molar-refractivity contribution in [3.05, 3.63) is 77.0 Å². The number of nitrogens with one attached hydrogen (secondary N) is 3. The number of hydrogen-bond donors (Lipinski definition) is 4. The van der Waals surface area contributed by atoms with Crippen molar-refractivity contribution in [2.75, 3.05) is 10.6 Å². The molecule has 0 unspecified atom stereocenters. The van der Waals surface area contributed by atoms with Crippen LogP contribution in [-0.4, -0.2) is 37.4 Å². The molecule has 2 aliphatic rings. The summed E-state index contributed by atoms with van der Waals surface area (Å²) in [5.41, 5.74) is 11.8. The van der Waals surface area contributed by atoms with E-state index in [0.29, 0.717) is 47.8 Å². The molecule has 1 saturated heterocycles. The number of nitrogens with zero attached hydrogens (tertiary/aromatic N) is 4. The van der Waals surface area contributed by atoms with Crippen molar-refractivity contribution in [3.63, 3.8) is 0 Å². The number of amides is 2. The van der Waals surface area contributed by atoms with Gasteiger partial charge in [-0.25, -0.2) is 0 Å². The topological polar surface area (TPSA) is 139 Å². The number of aromatic nitrogens is 4. The highest BCUT2D eigenvalue weighted by Gasteiger charge is 2.26. The normalized spacial score (nSPS) is 16.4. The van der Waals surface area contributed by atoms with E-state index in [1.807, 2.05) is 24.3 Å². The van der Waals surface area contributed by atoms with Crippen LogP contribution in [0.25, 0.3) is 22.9 Å². The largest absolute Gasteiger partial charge is 0.351 e. The molecule has 1 saturated carbocycles. The summed E-state index contributed by atoms with van der Waals surface area (Å²) in [6.07, 6.45) is 5.49. The Morgan fingerprint density at radius 3 is 2.76 bits per heavy atom. The Hall–Kier alpha value is -4.57. The van der Waals surface area contributed by atoms with Crippen LogP contribution in [0.4, 0.5) is 11.9 Å². The van der Waals surface area contributed by atoms with Crippen LogP contribution in [0.1, 0.15) is 36.0 Å². The van der Waals surface area contributed by atoms with Crippen LogP contribution < -0.4 is 21.7 Å². The predicted octanol–water partition coefficient (Wildman–Crippen LogP) is 2.87. The molecule has 10 nitrogen and oxygen atoms in total. The highest BCUT2D eigenvalue weighted by molar-refractivity contribution is 6.15. The summed E-state index contributed by atoms with van der Waals surface area (Å²) in [5.74, 6) is 0.323. The first-order valence-electron chi connectivity index (χ1n) is 12.3. The number of carbonyl (C=O) groups excluding carboxylic acids is 2. The lowest BCUT2D eigenvalue weighted by Crippen LogP contribution is -2.19.